The SMILES string of the molecule is C=C[C@]12CC[C@H]3[C@@H](CC[C@@H]4CCCC[C@@]43C)[C@@H]1CCC2=O. The Morgan fingerprint density at radius 1 is 1.05 bits per heavy atom. The minimum Gasteiger partial charge on any atom is -0.299 e. The highest BCUT2D eigenvalue weighted by Gasteiger charge is 2.60. The lowest BCUT2D eigenvalue weighted by Gasteiger charge is -2.59. The molecule has 4 aliphatic rings. The van der Waals surface area contributed by atoms with Crippen molar-refractivity contribution in [2.75, 3.05) is 0 Å². The maximum Gasteiger partial charge on any atom is 0.143 e. The highest BCUT2D eigenvalue weighted by atomic mass is 16.1. The number of hydrogen-bond acceptors (Lipinski definition) is 1. The van der Waals surface area contributed by atoms with Gasteiger partial charge in [-0.05, 0) is 74.0 Å². The van der Waals surface area contributed by atoms with E-state index in [9.17, 15) is 4.79 Å². The first-order chi connectivity index (χ1) is 10.1. The Labute approximate surface area is 129 Å². The molecule has 0 heterocycles. The largest absolute Gasteiger partial charge is 0.299 e. The molecule has 0 aromatic heterocycles. The maximum absolute atomic E-state index is 12.5. The molecular formula is C20H30O. The standard InChI is InChI=1S/C20H30O/c1-3-20-13-11-16-15(17(20)9-10-18(20)21)8-7-14-6-4-5-12-19(14,16)2/h3,14-17H,1,4-13H2,2H3/t14-,15+,16-,17-,19-,20-/m0/s1. The number of carbonyl (C=O) groups excluding carboxylic acids is 1. The molecule has 0 N–H and O–H groups in total. The van der Waals surface area contributed by atoms with Crippen molar-refractivity contribution in [2.24, 2.45) is 34.5 Å². The highest BCUT2D eigenvalue weighted by molar-refractivity contribution is 5.89. The van der Waals surface area contributed by atoms with Crippen molar-refractivity contribution in [1.29, 1.82) is 0 Å². The summed E-state index contributed by atoms with van der Waals surface area (Å²) in [7, 11) is 0. The molecule has 4 fully saturated rings. The first kappa shape index (κ1) is 14.0. The fourth-order valence-corrected chi connectivity index (χ4v) is 7.17. The number of ketones is 1. The van der Waals surface area contributed by atoms with Gasteiger partial charge in [-0.3, -0.25) is 4.79 Å². The molecule has 116 valence electrons. The monoisotopic (exact) mass is 286 g/mol. The van der Waals surface area contributed by atoms with Gasteiger partial charge in [0.2, 0.25) is 0 Å². The fraction of sp³-hybridized carbons (Fsp3) is 0.850. The van der Waals surface area contributed by atoms with E-state index < -0.39 is 0 Å². The van der Waals surface area contributed by atoms with Crippen LogP contribution < -0.4 is 0 Å². The lowest BCUT2D eigenvalue weighted by Crippen LogP contribution is -2.53. The summed E-state index contributed by atoms with van der Waals surface area (Å²) in [4.78, 5) is 12.5. The second kappa shape index (κ2) is 4.70. The molecule has 4 rings (SSSR count). The third-order valence-electron chi connectivity index (χ3n) is 8.28. The average molecular weight is 286 g/mol. The zero-order chi connectivity index (χ0) is 14.7. The zero-order valence-corrected chi connectivity index (χ0v) is 13.6. The lowest BCUT2D eigenvalue weighted by atomic mass is 9.45. The summed E-state index contributed by atoms with van der Waals surface area (Å²) < 4.78 is 0. The quantitative estimate of drug-likeness (QED) is 0.609. The van der Waals surface area contributed by atoms with Crippen molar-refractivity contribution >= 4 is 5.78 Å². The van der Waals surface area contributed by atoms with Gasteiger partial charge in [0.25, 0.3) is 0 Å². The van der Waals surface area contributed by atoms with Gasteiger partial charge in [0.15, 0.2) is 0 Å². The minimum atomic E-state index is -0.126. The van der Waals surface area contributed by atoms with Crippen LogP contribution in [0.1, 0.15) is 71.1 Å². The summed E-state index contributed by atoms with van der Waals surface area (Å²) in [6, 6.07) is 0. The van der Waals surface area contributed by atoms with Crippen LogP contribution >= 0.6 is 0 Å². The van der Waals surface area contributed by atoms with E-state index in [2.05, 4.69) is 19.6 Å². The molecule has 1 heteroatoms. The van der Waals surface area contributed by atoms with Crippen molar-refractivity contribution in [3.8, 4) is 0 Å². The molecule has 0 amide bonds. The van der Waals surface area contributed by atoms with E-state index in [0.29, 0.717) is 17.1 Å². The van der Waals surface area contributed by atoms with E-state index >= 15 is 0 Å². The van der Waals surface area contributed by atoms with E-state index in [1.54, 1.807) is 0 Å². The molecule has 4 saturated carbocycles. The second-order valence-electron chi connectivity index (χ2n) is 8.65. The molecule has 1 nitrogen and oxygen atoms in total. The van der Waals surface area contributed by atoms with E-state index in [-0.39, 0.29) is 5.41 Å². The topological polar surface area (TPSA) is 17.1 Å². The van der Waals surface area contributed by atoms with Gasteiger partial charge in [-0.15, -0.1) is 6.58 Å². The Bertz CT molecular complexity index is 466. The predicted molar refractivity (Wildman–Crippen MR) is 85.9 cm³/mol. The summed E-state index contributed by atoms with van der Waals surface area (Å²) in [6.07, 6.45) is 15.0. The molecule has 0 aromatic rings. The Morgan fingerprint density at radius 2 is 1.90 bits per heavy atom. The van der Waals surface area contributed by atoms with Gasteiger partial charge in [-0.2, -0.15) is 0 Å². The van der Waals surface area contributed by atoms with Crippen LogP contribution in [0.2, 0.25) is 0 Å². The third-order valence-corrected chi connectivity index (χ3v) is 8.28. The van der Waals surface area contributed by atoms with Crippen LogP contribution in [0.15, 0.2) is 12.7 Å². The van der Waals surface area contributed by atoms with Gasteiger partial charge in [-0.25, -0.2) is 0 Å². The van der Waals surface area contributed by atoms with Crippen molar-refractivity contribution in [3.05, 3.63) is 12.7 Å². The number of allylic oxidation sites excluding steroid dienone is 1. The Morgan fingerprint density at radius 3 is 2.71 bits per heavy atom. The maximum atomic E-state index is 12.5. The molecule has 0 unspecified atom stereocenters. The smallest absolute Gasteiger partial charge is 0.143 e. The van der Waals surface area contributed by atoms with E-state index in [1.165, 1.54) is 44.9 Å². The molecule has 21 heavy (non-hydrogen) atoms. The summed E-state index contributed by atoms with van der Waals surface area (Å²) in [5.41, 5.74) is 0.458. The van der Waals surface area contributed by atoms with E-state index in [0.717, 1.165) is 37.0 Å². The summed E-state index contributed by atoms with van der Waals surface area (Å²) in [6.45, 7) is 6.69. The van der Waals surface area contributed by atoms with Crippen molar-refractivity contribution in [3.63, 3.8) is 0 Å². The summed E-state index contributed by atoms with van der Waals surface area (Å²) in [5.74, 6) is 3.81. The number of rotatable bonds is 1. The molecular weight excluding hydrogens is 256 g/mol. The Kier molecular flexibility index (Phi) is 3.14. The van der Waals surface area contributed by atoms with Crippen LogP contribution in [-0.4, -0.2) is 5.78 Å². The molecule has 0 bridgehead atoms. The lowest BCUT2D eigenvalue weighted by molar-refractivity contribution is -0.134. The third kappa shape index (κ3) is 1.72. The minimum absolute atomic E-state index is 0.126. The van der Waals surface area contributed by atoms with E-state index in [4.69, 9.17) is 0 Å². The van der Waals surface area contributed by atoms with Gasteiger partial charge >= 0.3 is 0 Å². The second-order valence-corrected chi connectivity index (χ2v) is 8.65. The van der Waals surface area contributed by atoms with E-state index in [1.807, 2.05) is 0 Å². The molecule has 0 saturated heterocycles. The van der Waals surface area contributed by atoms with Crippen molar-refractivity contribution < 1.29 is 4.79 Å². The van der Waals surface area contributed by atoms with Crippen LogP contribution in [0.5, 0.6) is 0 Å². The zero-order valence-electron chi connectivity index (χ0n) is 13.6. The molecule has 0 radical (unpaired) electrons. The number of carbonyl (C=O) groups is 1. The number of fused-ring (bicyclic) bond motifs is 5. The molecule has 4 aliphatic carbocycles. The highest BCUT2D eigenvalue weighted by Crippen LogP contribution is 2.65. The van der Waals surface area contributed by atoms with Gasteiger partial charge < -0.3 is 0 Å². The van der Waals surface area contributed by atoms with Crippen LogP contribution in [0, 0.1) is 34.5 Å². The van der Waals surface area contributed by atoms with Gasteiger partial charge in [0.05, 0.1) is 0 Å². The Hall–Kier alpha value is -0.590. The van der Waals surface area contributed by atoms with Crippen LogP contribution in [0.3, 0.4) is 0 Å². The Balaban J connectivity index is 1.68. The van der Waals surface area contributed by atoms with Crippen molar-refractivity contribution in [2.45, 2.75) is 71.1 Å². The van der Waals surface area contributed by atoms with Gasteiger partial charge in [-0.1, -0.05) is 25.8 Å². The fourth-order valence-electron chi connectivity index (χ4n) is 7.17. The van der Waals surface area contributed by atoms with Gasteiger partial charge in [0, 0.05) is 11.8 Å². The van der Waals surface area contributed by atoms with Crippen LogP contribution in [0.4, 0.5) is 0 Å². The van der Waals surface area contributed by atoms with Crippen LogP contribution in [0.25, 0.3) is 0 Å². The number of hydrogen-bond donors (Lipinski definition) is 0. The molecule has 0 aliphatic heterocycles. The first-order valence-corrected chi connectivity index (χ1v) is 9.29. The first-order valence-electron chi connectivity index (χ1n) is 9.29. The van der Waals surface area contributed by atoms with Crippen molar-refractivity contribution in [1.82, 2.24) is 0 Å². The normalized spacial score (nSPS) is 52.7. The van der Waals surface area contributed by atoms with Crippen LogP contribution in [-0.2, 0) is 4.79 Å². The summed E-state index contributed by atoms with van der Waals surface area (Å²) >= 11 is 0. The molecule has 6 atom stereocenters. The molecule has 0 aromatic carbocycles. The predicted octanol–water partition coefficient (Wildman–Crippen LogP) is 5.15. The number of Topliss-reactive ketones (excluding diaryl/α,β-unsaturated/α-hetero) is 1. The average Bonchev–Trinajstić information content (AvgIpc) is 2.84. The summed E-state index contributed by atoms with van der Waals surface area (Å²) in [5, 5.41) is 0. The molecule has 0 spiro atoms. The van der Waals surface area contributed by atoms with Gasteiger partial charge in [0.1, 0.15) is 5.78 Å².